The smallest absolute Gasteiger partial charge is 0.144 e. The predicted molar refractivity (Wildman–Crippen MR) is 139 cm³/mol. The summed E-state index contributed by atoms with van der Waals surface area (Å²) >= 11 is 0. The molecule has 2 heteroatoms. The Bertz CT molecular complexity index is 1540. The maximum atomic E-state index is 9.52. The number of aromatic nitrogens is 1. The van der Waals surface area contributed by atoms with Gasteiger partial charge in [0.2, 0.25) is 0 Å². The maximum absolute atomic E-state index is 9.52. The summed E-state index contributed by atoms with van der Waals surface area (Å²) in [6.07, 6.45) is 4.72. The van der Waals surface area contributed by atoms with Gasteiger partial charge in [0.15, 0.2) is 0 Å². The molecule has 0 aliphatic heterocycles. The van der Waals surface area contributed by atoms with Gasteiger partial charge in [-0.2, -0.15) is 0 Å². The van der Waals surface area contributed by atoms with Crippen LogP contribution >= 0.6 is 0 Å². The van der Waals surface area contributed by atoms with Crippen molar-refractivity contribution >= 4 is 32.7 Å². The van der Waals surface area contributed by atoms with Gasteiger partial charge in [-0.05, 0) is 71.2 Å². The lowest BCUT2D eigenvalue weighted by Crippen LogP contribution is -2.32. The highest BCUT2D eigenvalue weighted by molar-refractivity contribution is 6.17. The molecular weight excluding hydrogens is 402 g/mol. The summed E-state index contributed by atoms with van der Waals surface area (Å²) in [6, 6.07) is 23.1. The van der Waals surface area contributed by atoms with Crippen molar-refractivity contribution in [2.24, 2.45) is 10.8 Å². The number of fused-ring (bicyclic) bond motifs is 5. The second kappa shape index (κ2) is 7.18. The van der Waals surface area contributed by atoms with E-state index in [1.807, 2.05) is 12.3 Å². The summed E-state index contributed by atoms with van der Waals surface area (Å²) in [7, 11) is 0. The normalized spacial score (nSPS) is 19.7. The minimum atomic E-state index is -0.624. The van der Waals surface area contributed by atoms with Crippen LogP contribution in [0.1, 0.15) is 59.8 Å². The third-order valence-electron chi connectivity index (χ3n) is 7.17. The van der Waals surface area contributed by atoms with E-state index in [1.165, 1.54) is 5.39 Å². The van der Waals surface area contributed by atoms with Crippen LogP contribution in [-0.4, -0.2) is 4.98 Å². The van der Waals surface area contributed by atoms with E-state index in [-0.39, 0.29) is 10.8 Å². The van der Waals surface area contributed by atoms with Gasteiger partial charge in [0.25, 0.3) is 0 Å². The molecule has 1 saturated carbocycles. The van der Waals surface area contributed by atoms with Crippen LogP contribution in [0.15, 0.2) is 77.3 Å². The van der Waals surface area contributed by atoms with Crippen LogP contribution in [0, 0.1) is 10.8 Å². The van der Waals surface area contributed by atoms with E-state index in [0.717, 1.165) is 63.4 Å². The molecular formula is C31H31NO. The highest BCUT2D eigenvalue weighted by Crippen LogP contribution is 2.52. The van der Waals surface area contributed by atoms with E-state index < -0.39 is 5.89 Å². The lowest BCUT2D eigenvalue weighted by Gasteiger charge is -2.45. The van der Waals surface area contributed by atoms with Gasteiger partial charge in [0, 0.05) is 29.3 Å². The lowest BCUT2D eigenvalue weighted by atomic mass is 9.60. The molecule has 0 atom stereocenters. The fraction of sp³-hybridized carbons (Fsp3) is 0.323. The molecule has 3 aromatic carbocycles. The summed E-state index contributed by atoms with van der Waals surface area (Å²) in [5.74, 6) is -0.624. The van der Waals surface area contributed by atoms with Crippen molar-refractivity contribution in [3.05, 3.63) is 78.5 Å². The highest BCUT2D eigenvalue weighted by atomic mass is 16.3. The van der Waals surface area contributed by atoms with Crippen molar-refractivity contribution in [2.45, 2.75) is 52.9 Å². The first-order valence-corrected chi connectivity index (χ1v) is 11.9. The Kier molecular flexibility index (Phi) is 4.21. The minimum absolute atomic E-state index is 0.132. The van der Waals surface area contributed by atoms with Gasteiger partial charge in [-0.1, -0.05) is 70.2 Å². The average molecular weight is 435 g/mol. The van der Waals surface area contributed by atoms with Crippen LogP contribution in [0.25, 0.3) is 44.0 Å². The Labute approximate surface area is 197 Å². The van der Waals surface area contributed by atoms with E-state index >= 15 is 0 Å². The Morgan fingerprint density at radius 1 is 0.818 bits per heavy atom. The number of nitrogens with zero attached hydrogens (tertiary/aromatic N) is 1. The highest BCUT2D eigenvalue weighted by Gasteiger charge is 2.39. The maximum Gasteiger partial charge on any atom is 0.144 e. The Morgan fingerprint density at radius 2 is 1.55 bits per heavy atom. The van der Waals surface area contributed by atoms with E-state index in [2.05, 4.69) is 88.4 Å². The Hall–Kier alpha value is -3.13. The van der Waals surface area contributed by atoms with Gasteiger partial charge in [-0.25, -0.2) is 0 Å². The Balaban J connectivity index is 1.52. The Morgan fingerprint density at radius 3 is 2.36 bits per heavy atom. The largest absolute Gasteiger partial charge is 0.455 e. The third-order valence-corrected chi connectivity index (χ3v) is 7.17. The van der Waals surface area contributed by atoms with E-state index in [1.54, 1.807) is 0 Å². The summed E-state index contributed by atoms with van der Waals surface area (Å²) in [4.78, 5) is 4.75. The molecule has 6 rings (SSSR count). The topological polar surface area (TPSA) is 26.0 Å². The first kappa shape index (κ1) is 19.3. The molecule has 1 fully saturated rings. The minimum Gasteiger partial charge on any atom is -0.455 e. The van der Waals surface area contributed by atoms with Gasteiger partial charge < -0.3 is 4.42 Å². The molecule has 0 N–H and O–H groups in total. The van der Waals surface area contributed by atoms with E-state index in [0.29, 0.717) is 0 Å². The summed E-state index contributed by atoms with van der Waals surface area (Å²) in [6.45, 7) is 9.22. The monoisotopic (exact) mass is 434 g/mol. The zero-order valence-electron chi connectivity index (χ0n) is 20.9. The van der Waals surface area contributed by atoms with Crippen molar-refractivity contribution in [3.63, 3.8) is 0 Å². The van der Waals surface area contributed by atoms with Gasteiger partial charge in [0.1, 0.15) is 11.2 Å². The van der Waals surface area contributed by atoms with Gasteiger partial charge in [-0.15, -0.1) is 0 Å². The number of furan rings is 1. The van der Waals surface area contributed by atoms with Crippen LogP contribution < -0.4 is 0 Å². The number of hydrogen-bond acceptors (Lipinski definition) is 2. The molecule has 0 spiro atoms. The van der Waals surface area contributed by atoms with E-state index in [4.69, 9.17) is 9.40 Å². The zero-order chi connectivity index (χ0) is 23.7. The standard InChI is InChI=1S/C31H31NO/c1-30(2)17-22(18-31(3,4)19-30)21-14-15-32-27(16-21)26-11-7-10-24-25-13-12-20-8-5-6-9-23(20)28(25)33-29(24)26/h5-16,22H,17-19H2,1-4H3/i22D. The van der Waals surface area contributed by atoms with Crippen molar-refractivity contribution < 1.29 is 5.79 Å². The molecule has 1 aliphatic rings. The molecule has 2 heterocycles. The molecule has 166 valence electrons. The lowest BCUT2D eigenvalue weighted by molar-refractivity contribution is 0.0969. The molecule has 0 unspecified atom stereocenters. The van der Waals surface area contributed by atoms with Crippen molar-refractivity contribution in [1.82, 2.24) is 4.98 Å². The third kappa shape index (κ3) is 3.53. The predicted octanol–water partition coefficient (Wildman–Crippen LogP) is 9.12. The number of para-hydroxylation sites is 1. The van der Waals surface area contributed by atoms with Crippen LogP contribution in [0.5, 0.6) is 0 Å². The number of benzene rings is 3. The summed E-state index contributed by atoms with van der Waals surface area (Å²) in [5.41, 5.74) is 4.96. The molecule has 0 radical (unpaired) electrons. The molecule has 0 saturated heterocycles. The second-order valence-electron chi connectivity index (χ2n) is 11.3. The number of hydrogen-bond donors (Lipinski definition) is 0. The van der Waals surface area contributed by atoms with Crippen LogP contribution in [0.4, 0.5) is 0 Å². The molecule has 33 heavy (non-hydrogen) atoms. The molecule has 1 aliphatic carbocycles. The SMILES string of the molecule is [2H]C1(c2ccnc(-c3cccc4c3oc3c5ccccc5ccc43)c2)CC(C)(C)CC(C)(C)C1. The quantitative estimate of drug-likeness (QED) is 0.277. The van der Waals surface area contributed by atoms with Gasteiger partial charge in [0.05, 0.1) is 5.69 Å². The molecule has 0 amide bonds. The molecule has 0 bridgehead atoms. The average Bonchev–Trinajstić information content (AvgIpc) is 3.16. The summed E-state index contributed by atoms with van der Waals surface area (Å²) < 4.78 is 16.1. The van der Waals surface area contributed by atoms with Crippen molar-refractivity contribution in [3.8, 4) is 11.3 Å². The number of pyridine rings is 1. The fourth-order valence-corrected chi connectivity index (χ4v) is 6.37. The van der Waals surface area contributed by atoms with Crippen molar-refractivity contribution in [2.75, 3.05) is 0 Å². The fourth-order valence-electron chi connectivity index (χ4n) is 6.37. The summed E-state index contributed by atoms with van der Waals surface area (Å²) in [5, 5.41) is 4.53. The zero-order valence-corrected chi connectivity index (χ0v) is 19.9. The van der Waals surface area contributed by atoms with Crippen LogP contribution in [0.2, 0.25) is 0 Å². The second-order valence-corrected chi connectivity index (χ2v) is 11.3. The first-order valence-electron chi connectivity index (χ1n) is 12.4. The van der Waals surface area contributed by atoms with Crippen LogP contribution in [-0.2, 0) is 0 Å². The van der Waals surface area contributed by atoms with E-state index in [9.17, 15) is 1.37 Å². The van der Waals surface area contributed by atoms with Crippen LogP contribution in [0.3, 0.4) is 0 Å². The molecule has 2 aromatic heterocycles. The van der Waals surface area contributed by atoms with Gasteiger partial charge in [-0.3, -0.25) is 4.98 Å². The molecule has 2 nitrogen and oxygen atoms in total. The van der Waals surface area contributed by atoms with Crippen molar-refractivity contribution in [1.29, 1.82) is 0 Å². The molecule has 5 aromatic rings. The first-order chi connectivity index (χ1) is 16.1. The van der Waals surface area contributed by atoms with Gasteiger partial charge >= 0.3 is 0 Å². The number of rotatable bonds is 2.